The number of esters is 1. The number of aromatic amines is 1. The Kier molecular flexibility index (Phi) is 4.00. The summed E-state index contributed by atoms with van der Waals surface area (Å²) >= 11 is 0. The monoisotopic (exact) mass is 336 g/mol. The van der Waals surface area contributed by atoms with Crippen molar-refractivity contribution in [2.45, 2.75) is 24.8 Å². The molecule has 0 saturated carbocycles. The summed E-state index contributed by atoms with van der Waals surface area (Å²) in [4.78, 5) is 18.1. The second kappa shape index (κ2) is 6.19. The lowest BCUT2D eigenvalue weighted by atomic mass is 9.72. The largest absolute Gasteiger partial charge is 0.469 e. The SMILES string of the molecule is C=CCN1C[C@H](C(=O)OC)C[C@@H]2c3cccc4[nH]c(C=C)c(c34)C[C@H]21. The molecular formula is C21H24N2O2. The minimum Gasteiger partial charge on any atom is -0.469 e. The minimum absolute atomic E-state index is 0.0826. The predicted molar refractivity (Wildman–Crippen MR) is 101 cm³/mol. The van der Waals surface area contributed by atoms with Crippen LogP contribution in [0.2, 0.25) is 0 Å². The lowest BCUT2D eigenvalue weighted by Crippen LogP contribution is -2.51. The second-order valence-electron chi connectivity index (χ2n) is 7.07. The summed E-state index contributed by atoms with van der Waals surface area (Å²) < 4.78 is 5.05. The van der Waals surface area contributed by atoms with Gasteiger partial charge in [0.2, 0.25) is 0 Å². The van der Waals surface area contributed by atoms with E-state index >= 15 is 0 Å². The number of piperidine rings is 1. The number of H-pyrrole nitrogens is 1. The van der Waals surface area contributed by atoms with Crippen molar-refractivity contribution in [1.82, 2.24) is 9.88 Å². The number of nitrogens with zero attached hydrogens (tertiary/aromatic N) is 1. The van der Waals surface area contributed by atoms with E-state index in [2.05, 4.69) is 41.2 Å². The molecular weight excluding hydrogens is 312 g/mol. The van der Waals surface area contributed by atoms with Gasteiger partial charge in [0.15, 0.2) is 0 Å². The number of hydrogen-bond acceptors (Lipinski definition) is 3. The Hall–Kier alpha value is -2.33. The highest BCUT2D eigenvalue weighted by atomic mass is 16.5. The van der Waals surface area contributed by atoms with Crippen molar-refractivity contribution in [1.29, 1.82) is 0 Å². The maximum atomic E-state index is 12.2. The molecule has 1 saturated heterocycles. The Morgan fingerprint density at radius 3 is 3.00 bits per heavy atom. The molecule has 2 aromatic rings. The Balaban J connectivity index is 1.84. The smallest absolute Gasteiger partial charge is 0.309 e. The molecule has 2 heterocycles. The molecule has 1 aromatic carbocycles. The van der Waals surface area contributed by atoms with Gasteiger partial charge < -0.3 is 9.72 Å². The van der Waals surface area contributed by atoms with Crippen LogP contribution in [-0.4, -0.2) is 42.1 Å². The van der Waals surface area contributed by atoms with Crippen LogP contribution >= 0.6 is 0 Å². The molecule has 1 fully saturated rings. The Bertz CT molecular complexity index is 851. The quantitative estimate of drug-likeness (QED) is 0.686. The van der Waals surface area contributed by atoms with Gasteiger partial charge in [-0.25, -0.2) is 0 Å². The third kappa shape index (κ3) is 2.44. The molecule has 4 heteroatoms. The van der Waals surface area contributed by atoms with Gasteiger partial charge in [-0.1, -0.05) is 24.8 Å². The zero-order chi connectivity index (χ0) is 17.6. The van der Waals surface area contributed by atoms with Crippen LogP contribution in [0.15, 0.2) is 37.4 Å². The average Bonchev–Trinajstić information content (AvgIpc) is 3.01. The maximum absolute atomic E-state index is 12.2. The molecule has 3 atom stereocenters. The van der Waals surface area contributed by atoms with Gasteiger partial charge in [-0.15, -0.1) is 6.58 Å². The van der Waals surface area contributed by atoms with Crippen molar-refractivity contribution in [3.05, 3.63) is 54.3 Å². The number of hydrogen-bond donors (Lipinski definition) is 1. The highest BCUT2D eigenvalue weighted by molar-refractivity contribution is 5.91. The highest BCUT2D eigenvalue weighted by Crippen LogP contribution is 2.46. The summed E-state index contributed by atoms with van der Waals surface area (Å²) in [6.45, 7) is 9.40. The van der Waals surface area contributed by atoms with Crippen LogP contribution in [0.5, 0.6) is 0 Å². The van der Waals surface area contributed by atoms with E-state index in [1.807, 2.05) is 12.2 Å². The number of carbonyl (C=O) groups is 1. The van der Waals surface area contributed by atoms with E-state index in [1.54, 1.807) is 0 Å². The summed E-state index contributed by atoms with van der Waals surface area (Å²) in [5.41, 5.74) is 4.98. The summed E-state index contributed by atoms with van der Waals surface area (Å²) in [6.07, 6.45) is 5.67. The second-order valence-corrected chi connectivity index (χ2v) is 7.07. The van der Waals surface area contributed by atoms with Gasteiger partial charge in [0, 0.05) is 41.6 Å². The number of fused-ring (bicyclic) bond motifs is 2. The fourth-order valence-electron chi connectivity index (χ4n) is 4.80. The third-order valence-corrected chi connectivity index (χ3v) is 5.83. The lowest BCUT2D eigenvalue weighted by Gasteiger charge is -2.46. The standard InChI is InChI=1S/C21H24N2O2/c1-4-9-23-12-13(21(24)25-3)10-15-14-7-6-8-18-20(14)16(11-19(15)23)17(5-2)22-18/h4-8,13,15,19,22H,1-2,9-12H2,3H3/t13-,15-,19-/m1/s1. The van der Waals surface area contributed by atoms with E-state index in [0.29, 0.717) is 12.0 Å². The van der Waals surface area contributed by atoms with E-state index < -0.39 is 0 Å². The first-order valence-corrected chi connectivity index (χ1v) is 8.86. The molecule has 0 unspecified atom stereocenters. The van der Waals surface area contributed by atoms with E-state index in [4.69, 9.17) is 4.74 Å². The fraction of sp³-hybridized carbons (Fsp3) is 0.381. The van der Waals surface area contributed by atoms with Gasteiger partial charge in [-0.3, -0.25) is 9.69 Å². The Labute approximate surface area is 148 Å². The zero-order valence-corrected chi connectivity index (χ0v) is 14.6. The third-order valence-electron chi connectivity index (χ3n) is 5.83. The maximum Gasteiger partial charge on any atom is 0.309 e. The van der Waals surface area contributed by atoms with E-state index in [0.717, 1.165) is 37.1 Å². The number of benzene rings is 1. The average molecular weight is 336 g/mol. The van der Waals surface area contributed by atoms with Crippen LogP contribution < -0.4 is 0 Å². The molecule has 4 rings (SSSR count). The molecule has 1 N–H and O–H groups in total. The van der Waals surface area contributed by atoms with Crippen molar-refractivity contribution >= 4 is 22.9 Å². The van der Waals surface area contributed by atoms with Crippen LogP contribution in [0.1, 0.15) is 29.2 Å². The summed E-state index contributed by atoms with van der Waals surface area (Å²) in [6, 6.07) is 6.83. The fourth-order valence-corrected chi connectivity index (χ4v) is 4.80. The van der Waals surface area contributed by atoms with Crippen molar-refractivity contribution in [2.75, 3.05) is 20.2 Å². The molecule has 1 aliphatic heterocycles. The van der Waals surface area contributed by atoms with Gasteiger partial charge in [-0.05, 0) is 36.1 Å². The van der Waals surface area contributed by atoms with Gasteiger partial charge in [0.05, 0.1) is 13.0 Å². The minimum atomic E-state index is -0.105. The summed E-state index contributed by atoms with van der Waals surface area (Å²) in [5.74, 6) is 0.148. The Morgan fingerprint density at radius 2 is 2.28 bits per heavy atom. The van der Waals surface area contributed by atoms with Gasteiger partial charge >= 0.3 is 5.97 Å². The molecule has 0 spiro atoms. The van der Waals surface area contributed by atoms with Crippen LogP contribution in [0.3, 0.4) is 0 Å². The van der Waals surface area contributed by atoms with Gasteiger partial charge in [0.25, 0.3) is 0 Å². The number of nitrogens with one attached hydrogen (secondary N) is 1. The normalized spacial score (nSPS) is 25.4. The molecule has 2 aliphatic rings. The first-order chi connectivity index (χ1) is 12.2. The zero-order valence-electron chi connectivity index (χ0n) is 14.6. The van der Waals surface area contributed by atoms with Crippen LogP contribution in [0.25, 0.3) is 17.0 Å². The topological polar surface area (TPSA) is 45.3 Å². The summed E-state index contributed by atoms with van der Waals surface area (Å²) in [7, 11) is 1.48. The van der Waals surface area contributed by atoms with Gasteiger partial charge in [-0.2, -0.15) is 0 Å². The molecule has 1 aromatic heterocycles. The number of ether oxygens (including phenoxy) is 1. The van der Waals surface area contributed by atoms with Crippen LogP contribution in [-0.2, 0) is 16.0 Å². The van der Waals surface area contributed by atoms with E-state index in [-0.39, 0.29) is 11.9 Å². The van der Waals surface area contributed by atoms with E-state index in [9.17, 15) is 4.79 Å². The predicted octanol–water partition coefficient (Wildman–Crippen LogP) is 3.50. The first-order valence-electron chi connectivity index (χ1n) is 8.86. The molecule has 0 bridgehead atoms. The highest BCUT2D eigenvalue weighted by Gasteiger charge is 2.43. The number of likely N-dealkylation sites (tertiary alicyclic amines) is 1. The van der Waals surface area contributed by atoms with Gasteiger partial charge in [0.1, 0.15) is 0 Å². The van der Waals surface area contributed by atoms with Crippen molar-refractivity contribution < 1.29 is 9.53 Å². The van der Waals surface area contributed by atoms with Crippen molar-refractivity contribution in [3.63, 3.8) is 0 Å². The number of methoxy groups -OCH3 is 1. The van der Waals surface area contributed by atoms with Crippen molar-refractivity contribution in [2.24, 2.45) is 5.92 Å². The molecule has 4 nitrogen and oxygen atoms in total. The number of rotatable bonds is 4. The number of aromatic nitrogens is 1. The van der Waals surface area contributed by atoms with Crippen molar-refractivity contribution in [3.8, 4) is 0 Å². The molecule has 1 aliphatic carbocycles. The van der Waals surface area contributed by atoms with E-state index in [1.165, 1.54) is 23.6 Å². The Morgan fingerprint density at radius 1 is 1.44 bits per heavy atom. The molecule has 0 radical (unpaired) electrons. The van der Waals surface area contributed by atoms with Crippen LogP contribution in [0, 0.1) is 5.92 Å². The first kappa shape index (κ1) is 16.2. The lowest BCUT2D eigenvalue weighted by molar-refractivity contribution is -0.148. The molecule has 130 valence electrons. The molecule has 25 heavy (non-hydrogen) atoms. The summed E-state index contributed by atoms with van der Waals surface area (Å²) in [5, 5.41) is 1.32. The van der Waals surface area contributed by atoms with Crippen LogP contribution in [0.4, 0.5) is 0 Å². The number of carbonyl (C=O) groups excluding carboxylic acids is 1. The molecule has 0 amide bonds.